The van der Waals surface area contributed by atoms with E-state index in [-0.39, 0.29) is 11.9 Å². The number of ether oxygens (including phenoxy) is 1. The first-order valence-electron chi connectivity index (χ1n) is 6.84. The van der Waals surface area contributed by atoms with Gasteiger partial charge < -0.3 is 15.4 Å². The molecule has 5 nitrogen and oxygen atoms in total. The smallest absolute Gasteiger partial charge is 0.338 e. The fraction of sp³-hybridized carbons (Fsp3) is 0.176. The summed E-state index contributed by atoms with van der Waals surface area (Å²) in [4.78, 5) is 23.0. The highest BCUT2D eigenvalue weighted by Crippen LogP contribution is 2.28. The third-order valence-corrected chi connectivity index (χ3v) is 3.25. The fourth-order valence-electron chi connectivity index (χ4n) is 2.14. The van der Waals surface area contributed by atoms with E-state index in [1.807, 2.05) is 37.3 Å². The van der Waals surface area contributed by atoms with Crippen molar-refractivity contribution < 1.29 is 14.3 Å². The molecule has 1 amide bonds. The van der Waals surface area contributed by atoms with Gasteiger partial charge in [0, 0.05) is 12.6 Å². The number of hydrogen-bond donors (Lipinski definition) is 2. The molecule has 114 valence electrons. The number of amides is 1. The summed E-state index contributed by atoms with van der Waals surface area (Å²) in [6.07, 6.45) is 0. The molecule has 22 heavy (non-hydrogen) atoms. The van der Waals surface area contributed by atoms with Gasteiger partial charge in [0.25, 0.3) is 0 Å². The maximum atomic E-state index is 11.7. The number of esters is 1. The third-order valence-electron chi connectivity index (χ3n) is 3.25. The molecule has 0 atom stereocenters. The molecule has 0 spiro atoms. The van der Waals surface area contributed by atoms with Gasteiger partial charge in [0.05, 0.1) is 24.0 Å². The van der Waals surface area contributed by atoms with E-state index in [4.69, 9.17) is 4.74 Å². The SMILES string of the molecule is COC(=O)c1cccc(Nc2ccccc2NC(C)=O)c1C. The van der Waals surface area contributed by atoms with Crippen molar-refractivity contribution >= 4 is 28.9 Å². The Labute approximate surface area is 129 Å². The van der Waals surface area contributed by atoms with Gasteiger partial charge in [-0.05, 0) is 36.8 Å². The largest absolute Gasteiger partial charge is 0.465 e. The number of methoxy groups -OCH3 is 1. The highest BCUT2D eigenvalue weighted by Gasteiger charge is 2.12. The van der Waals surface area contributed by atoms with Crippen LogP contribution < -0.4 is 10.6 Å². The van der Waals surface area contributed by atoms with Gasteiger partial charge in [-0.15, -0.1) is 0 Å². The fourth-order valence-corrected chi connectivity index (χ4v) is 2.14. The molecule has 0 bridgehead atoms. The normalized spacial score (nSPS) is 9.95. The van der Waals surface area contributed by atoms with Crippen LogP contribution in [0.25, 0.3) is 0 Å². The van der Waals surface area contributed by atoms with Gasteiger partial charge in [-0.25, -0.2) is 4.79 Å². The van der Waals surface area contributed by atoms with E-state index in [1.165, 1.54) is 14.0 Å². The molecule has 2 N–H and O–H groups in total. The molecule has 0 aliphatic rings. The summed E-state index contributed by atoms with van der Waals surface area (Å²) in [7, 11) is 1.36. The van der Waals surface area contributed by atoms with E-state index >= 15 is 0 Å². The highest BCUT2D eigenvalue weighted by molar-refractivity contribution is 5.95. The van der Waals surface area contributed by atoms with E-state index in [0.29, 0.717) is 11.3 Å². The van der Waals surface area contributed by atoms with Crippen LogP contribution in [0.4, 0.5) is 17.1 Å². The third kappa shape index (κ3) is 3.44. The lowest BCUT2D eigenvalue weighted by Gasteiger charge is -2.15. The summed E-state index contributed by atoms with van der Waals surface area (Å²) in [5, 5.41) is 6.01. The molecule has 0 aliphatic heterocycles. The molecule has 2 aromatic carbocycles. The van der Waals surface area contributed by atoms with Gasteiger partial charge in [-0.2, -0.15) is 0 Å². The van der Waals surface area contributed by atoms with Crippen LogP contribution in [0.15, 0.2) is 42.5 Å². The van der Waals surface area contributed by atoms with Crippen molar-refractivity contribution in [2.75, 3.05) is 17.7 Å². The number of carbonyl (C=O) groups is 2. The van der Waals surface area contributed by atoms with Crippen LogP contribution in [0.5, 0.6) is 0 Å². The van der Waals surface area contributed by atoms with E-state index in [0.717, 1.165) is 16.9 Å². The monoisotopic (exact) mass is 298 g/mol. The zero-order chi connectivity index (χ0) is 16.1. The summed E-state index contributed by atoms with van der Waals surface area (Å²) in [6, 6.07) is 12.7. The van der Waals surface area contributed by atoms with Crippen molar-refractivity contribution in [2.24, 2.45) is 0 Å². The molecule has 0 unspecified atom stereocenters. The molecule has 0 aliphatic carbocycles. The van der Waals surface area contributed by atoms with Crippen molar-refractivity contribution in [1.29, 1.82) is 0 Å². The van der Waals surface area contributed by atoms with Crippen molar-refractivity contribution in [1.82, 2.24) is 0 Å². The average molecular weight is 298 g/mol. The Morgan fingerprint density at radius 2 is 1.59 bits per heavy atom. The lowest BCUT2D eigenvalue weighted by atomic mass is 10.1. The van der Waals surface area contributed by atoms with E-state index < -0.39 is 0 Å². The van der Waals surface area contributed by atoms with E-state index in [2.05, 4.69) is 10.6 Å². The second kappa shape index (κ2) is 6.76. The van der Waals surface area contributed by atoms with Crippen molar-refractivity contribution in [3.63, 3.8) is 0 Å². The summed E-state index contributed by atoms with van der Waals surface area (Å²) < 4.78 is 4.77. The van der Waals surface area contributed by atoms with Crippen molar-refractivity contribution in [3.8, 4) is 0 Å². The van der Waals surface area contributed by atoms with Gasteiger partial charge in [0.1, 0.15) is 0 Å². The molecule has 2 aromatic rings. The predicted molar refractivity (Wildman–Crippen MR) is 86.5 cm³/mol. The zero-order valence-electron chi connectivity index (χ0n) is 12.8. The maximum Gasteiger partial charge on any atom is 0.338 e. The Hall–Kier alpha value is -2.82. The Bertz CT molecular complexity index is 711. The summed E-state index contributed by atoms with van der Waals surface area (Å²) >= 11 is 0. The summed E-state index contributed by atoms with van der Waals surface area (Å²) in [5.41, 5.74) is 3.50. The predicted octanol–water partition coefficient (Wildman–Crippen LogP) is 3.48. The Kier molecular flexibility index (Phi) is 4.78. The van der Waals surface area contributed by atoms with Crippen molar-refractivity contribution in [2.45, 2.75) is 13.8 Å². The van der Waals surface area contributed by atoms with Gasteiger partial charge in [0.15, 0.2) is 0 Å². The molecule has 0 saturated carbocycles. The summed E-state index contributed by atoms with van der Waals surface area (Å²) in [6.45, 7) is 3.30. The Balaban J connectivity index is 2.36. The molecule has 0 aromatic heterocycles. The number of anilines is 3. The number of rotatable bonds is 4. The summed E-state index contributed by atoms with van der Waals surface area (Å²) in [5.74, 6) is -0.523. The second-order valence-electron chi connectivity index (χ2n) is 4.82. The molecule has 2 rings (SSSR count). The molecule has 5 heteroatoms. The van der Waals surface area contributed by atoms with Crippen LogP contribution in [0, 0.1) is 6.92 Å². The van der Waals surface area contributed by atoms with Crippen LogP contribution >= 0.6 is 0 Å². The Morgan fingerprint density at radius 3 is 2.23 bits per heavy atom. The van der Waals surface area contributed by atoms with Gasteiger partial charge >= 0.3 is 5.97 Å². The number of hydrogen-bond acceptors (Lipinski definition) is 4. The van der Waals surface area contributed by atoms with Crippen LogP contribution in [-0.2, 0) is 9.53 Å². The topological polar surface area (TPSA) is 67.4 Å². The van der Waals surface area contributed by atoms with Gasteiger partial charge in [-0.3, -0.25) is 4.79 Å². The van der Waals surface area contributed by atoms with Crippen LogP contribution in [0.3, 0.4) is 0 Å². The number of benzene rings is 2. The van der Waals surface area contributed by atoms with Crippen LogP contribution in [0.2, 0.25) is 0 Å². The van der Waals surface area contributed by atoms with Gasteiger partial charge in [-0.1, -0.05) is 18.2 Å². The van der Waals surface area contributed by atoms with E-state index in [9.17, 15) is 9.59 Å². The van der Waals surface area contributed by atoms with Gasteiger partial charge in [0.2, 0.25) is 5.91 Å². The molecule has 0 heterocycles. The van der Waals surface area contributed by atoms with Crippen LogP contribution in [-0.4, -0.2) is 19.0 Å². The zero-order valence-corrected chi connectivity index (χ0v) is 12.8. The second-order valence-corrected chi connectivity index (χ2v) is 4.82. The lowest BCUT2D eigenvalue weighted by molar-refractivity contribution is -0.114. The minimum Gasteiger partial charge on any atom is -0.465 e. The first kappa shape index (κ1) is 15.6. The van der Waals surface area contributed by atoms with E-state index in [1.54, 1.807) is 12.1 Å². The lowest BCUT2D eigenvalue weighted by Crippen LogP contribution is -2.09. The van der Waals surface area contributed by atoms with Crippen LogP contribution in [0.1, 0.15) is 22.8 Å². The molecular weight excluding hydrogens is 280 g/mol. The first-order valence-corrected chi connectivity index (χ1v) is 6.84. The molecule has 0 radical (unpaired) electrons. The number of nitrogens with one attached hydrogen (secondary N) is 2. The minimum atomic E-state index is -0.378. The minimum absolute atomic E-state index is 0.144. The number of para-hydroxylation sites is 2. The Morgan fingerprint density at radius 1 is 0.955 bits per heavy atom. The molecule has 0 saturated heterocycles. The highest BCUT2D eigenvalue weighted by atomic mass is 16.5. The molecular formula is C17H18N2O3. The molecule has 0 fully saturated rings. The average Bonchev–Trinajstić information content (AvgIpc) is 2.50. The number of carbonyl (C=O) groups excluding carboxylic acids is 2. The maximum absolute atomic E-state index is 11.7. The van der Waals surface area contributed by atoms with Crippen molar-refractivity contribution in [3.05, 3.63) is 53.6 Å². The first-order chi connectivity index (χ1) is 10.5. The quantitative estimate of drug-likeness (QED) is 0.848. The standard InChI is InChI=1S/C17H18N2O3/c1-11-13(17(21)22-3)7-6-10-14(11)19-16-9-5-4-8-15(16)18-12(2)20/h4-10,19H,1-3H3,(H,18,20).